The molecule has 0 bridgehead atoms. The second kappa shape index (κ2) is 7.52. The molecule has 21 heavy (non-hydrogen) atoms. The summed E-state index contributed by atoms with van der Waals surface area (Å²) in [5.74, 6) is -0.0608. The number of hydrogen-bond donors (Lipinski definition) is 1. The third kappa shape index (κ3) is 4.25. The van der Waals surface area contributed by atoms with Gasteiger partial charge < -0.3 is 10.6 Å². The highest BCUT2D eigenvalue weighted by atomic mass is 19.1. The van der Waals surface area contributed by atoms with E-state index in [0.29, 0.717) is 25.1 Å². The van der Waals surface area contributed by atoms with Crippen LogP contribution in [0.1, 0.15) is 24.8 Å². The summed E-state index contributed by atoms with van der Waals surface area (Å²) in [7, 11) is 1.89. The Morgan fingerprint density at radius 2 is 2.05 bits per heavy atom. The fourth-order valence-electron chi connectivity index (χ4n) is 2.74. The lowest BCUT2D eigenvalue weighted by atomic mass is 10.1. The summed E-state index contributed by atoms with van der Waals surface area (Å²) in [6.07, 6.45) is 2.58. The van der Waals surface area contributed by atoms with Gasteiger partial charge in [0.1, 0.15) is 5.82 Å². The van der Waals surface area contributed by atoms with Crippen molar-refractivity contribution in [2.75, 3.05) is 26.7 Å². The third-order valence-corrected chi connectivity index (χ3v) is 4.14. The van der Waals surface area contributed by atoms with Gasteiger partial charge in [0.05, 0.1) is 0 Å². The Morgan fingerprint density at radius 3 is 2.67 bits per heavy atom. The number of halogens is 1. The van der Waals surface area contributed by atoms with E-state index >= 15 is 0 Å². The summed E-state index contributed by atoms with van der Waals surface area (Å²) in [5.41, 5.74) is 6.44. The van der Waals surface area contributed by atoms with Gasteiger partial charge in [-0.3, -0.25) is 9.69 Å². The van der Waals surface area contributed by atoms with Crippen LogP contribution in [0.25, 0.3) is 0 Å². The third-order valence-electron chi connectivity index (χ3n) is 4.14. The molecule has 116 valence electrons. The molecule has 1 aromatic carbocycles. The molecule has 0 saturated carbocycles. The van der Waals surface area contributed by atoms with Crippen molar-refractivity contribution in [2.24, 2.45) is 5.73 Å². The van der Waals surface area contributed by atoms with E-state index < -0.39 is 0 Å². The number of nitrogens with zero attached hydrogens (tertiary/aromatic N) is 2. The molecule has 1 fully saturated rings. The van der Waals surface area contributed by atoms with Gasteiger partial charge >= 0.3 is 0 Å². The van der Waals surface area contributed by atoms with Gasteiger partial charge in [0.25, 0.3) is 0 Å². The van der Waals surface area contributed by atoms with Crippen LogP contribution >= 0.6 is 0 Å². The van der Waals surface area contributed by atoms with E-state index in [1.165, 1.54) is 6.07 Å². The van der Waals surface area contributed by atoms with Crippen LogP contribution in [0.2, 0.25) is 0 Å². The number of benzene rings is 1. The topological polar surface area (TPSA) is 49.6 Å². The van der Waals surface area contributed by atoms with E-state index in [1.807, 2.05) is 22.9 Å². The van der Waals surface area contributed by atoms with Crippen molar-refractivity contribution in [2.45, 2.75) is 31.8 Å². The average Bonchev–Trinajstić information content (AvgIpc) is 3.01. The van der Waals surface area contributed by atoms with E-state index in [4.69, 9.17) is 5.73 Å². The van der Waals surface area contributed by atoms with Crippen LogP contribution in [0.3, 0.4) is 0 Å². The molecule has 4 nitrogen and oxygen atoms in total. The Morgan fingerprint density at radius 1 is 1.38 bits per heavy atom. The summed E-state index contributed by atoms with van der Waals surface area (Å²) in [6, 6.07) is 6.66. The maximum atomic E-state index is 13.7. The molecule has 1 unspecified atom stereocenters. The minimum Gasteiger partial charge on any atom is -0.343 e. The lowest BCUT2D eigenvalue weighted by Crippen LogP contribution is -2.42. The minimum absolute atomic E-state index is 0.0577. The molecule has 1 atom stereocenters. The molecule has 1 aliphatic heterocycles. The highest BCUT2D eigenvalue weighted by Gasteiger charge is 2.23. The second-order valence-electron chi connectivity index (χ2n) is 5.69. The molecule has 5 heteroatoms. The molecule has 2 N–H and O–H groups in total. The normalized spacial score (nSPS) is 16.5. The molecular weight excluding hydrogens is 269 g/mol. The summed E-state index contributed by atoms with van der Waals surface area (Å²) >= 11 is 0. The van der Waals surface area contributed by atoms with Crippen LogP contribution in [-0.4, -0.2) is 48.4 Å². The van der Waals surface area contributed by atoms with Crippen LogP contribution in [0.15, 0.2) is 24.3 Å². The molecule has 1 aliphatic rings. The molecular formula is C16H24FN3O. The molecule has 0 aliphatic carbocycles. The fraction of sp³-hybridized carbons (Fsp3) is 0.562. The zero-order chi connectivity index (χ0) is 15.2. The first-order valence-corrected chi connectivity index (χ1v) is 7.53. The quantitative estimate of drug-likeness (QED) is 0.866. The van der Waals surface area contributed by atoms with Crippen molar-refractivity contribution in [1.82, 2.24) is 9.80 Å². The second-order valence-corrected chi connectivity index (χ2v) is 5.69. The number of rotatable bonds is 6. The Balaban J connectivity index is 1.93. The van der Waals surface area contributed by atoms with E-state index in [9.17, 15) is 9.18 Å². The van der Waals surface area contributed by atoms with Crippen LogP contribution < -0.4 is 5.73 Å². The first-order valence-electron chi connectivity index (χ1n) is 7.53. The van der Waals surface area contributed by atoms with Crippen molar-refractivity contribution < 1.29 is 9.18 Å². The van der Waals surface area contributed by atoms with Crippen LogP contribution in [0.4, 0.5) is 4.39 Å². The zero-order valence-electron chi connectivity index (χ0n) is 12.6. The van der Waals surface area contributed by atoms with Crippen molar-refractivity contribution in [1.29, 1.82) is 0 Å². The van der Waals surface area contributed by atoms with Gasteiger partial charge in [0, 0.05) is 44.2 Å². The molecule has 1 saturated heterocycles. The molecule has 1 amide bonds. The number of likely N-dealkylation sites (tertiary alicyclic amines) is 1. The van der Waals surface area contributed by atoms with Gasteiger partial charge in [-0.1, -0.05) is 18.2 Å². The monoisotopic (exact) mass is 293 g/mol. The first kappa shape index (κ1) is 15.9. The van der Waals surface area contributed by atoms with Gasteiger partial charge in [-0.25, -0.2) is 4.39 Å². The minimum atomic E-state index is -0.217. The van der Waals surface area contributed by atoms with Gasteiger partial charge in [-0.05, 0) is 26.0 Å². The number of hydrogen-bond acceptors (Lipinski definition) is 3. The smallest absolute Gasteiger partial charge is 0.224 e. The maximum absolute atomic E-state index is 13.7. The van der Waals surface area contributed by atoms with Crippen LogP contribution in [0, 0.1) is 5.82 Å². The summed E-state index contributed by atoms with van der Waals surface area (Å²) in [4.78, 5) is 16.1. The van der Waals surface area contributed by atoms with Crippen LogP contribution in [-0.2, 0) is 11.3 Å². The van der Waals surface area contributed by atoms with Gasteiger partial charge in [-0.2, -0.15) is 0 Å². The lowest BCUT2D eigenvalue weighted by molar-refractivity contribution is -0.131. The number of likely N-dealkylation sites (N-methyl/N-ethyl adjacent to an activating group) is 1. The molecule has 2 rings (SSSR count). The Labute approximate surface area is 125 Å². The Bertz CT molecular complexity index is 474. The van der Waals surface area contributed by atoms with E-state index in [-0.39, 0.29) is 17.8 Å². The summed E-state index contributed by atoms with van der Waals surface area (Å²) in [6.45, 7) is 2.56. The highest BCUT2D eigenvalue weighted by molar-refractivity contribution is 5.77. The van der Waals surface area contributed by atoms with Crippen LogP contribution in [0.5, 0.6) is 0 Å². The SMILES string of the molecule is CN(Cc1ccccc1F)C(CN)CC(=O)N1CCCC1. The zero-order valence-corrected chi connectivity index (χ0v) is 12.6. The summed E-state index contributed by atoms with van der Waals surface area (Å²) < 4.78 is 13.7. The molecule has 1 aromatic rings. The Kier molecular flexibility index (Phi) is 5.70. The predicted octanol–water partition coefficient (Wildman–Crippen LogP) is 1.60. The Hall–Kier alpha value is -1.46. The summed E-state index contributed by atoms with van der Waals surface area (Å²) in [5, 5.41) is 0. The largest absolute Gasteiger partial charge is 0.343 e. The molecule has 0 aromatic heterocycles. The van der Waals surface area contributed by atoms with Gasteiger partial charge in [-0.15, -0.1) is 0 Å². The predicted molar refractivity (Wildman–Crippen MR) is 81.1 cm³/mol. The van der Waals surface area contributed by atoms with Gasteiger partial charge in [0.15, 0.2) is 0 Å². The van der Waals surface area contributed by atoms with Crippen molar-refractivity contribution >= 4 is 5.91 Å². The lowest BCUT2D eigenvalue weighted by Gasteiger charge is -2.28. The standard InChI is InChI=1S/C16H24FN3O/c1-19(12-13-6-2-3-7-15(13)17)14(11-18)10-16(21)20-8-4-5-9-20/h2-3,6-7,14H,4-5,8-12,18H2,1H3. The van der Waals surface area contributed by atoms with E-state index in [1.54, 1.807) is 12.1 Å². The number of carbonyl (C=O) groups is 1. The van der Waals surface area contributed by atoms with Gasteiger partial charge in [0.2, 0.25) is 5.91 Å². The fourth-order valence-corrected chi connectivity index (χ4v) is 2.74. The first-order chi connectivity index (χ1) is 10.1. The maximum Gasteiger partial charge on any atom is 0.224 e. The van der Waals surface area contributed by atoms with E-state index in [0.717, 1.165) is 25.9 Å². The highest BCUT2D eigenvalue weighted by Crippen LogP contribution is 2.15. The molecule has 0 radical (unpaired) electrons. The number of carbonyl (C=O) groups excluding carboxylic acids is 1. The molecule has 1 heterocycles. The number of nitrogens with two attached hydrogens (primary N) is 1. The van der Waals surface area contributed by atoms with Crippen molar-refractivity contribution in [3.05, 3.63) is 35.6 Å². The molecule has 0 spiro atoms. The number of amides is 1. The van der Waals surface area contributed by atoms with Crippen molar-refractivity contribution in [3.63, 3.8) is 0 Å². The van der Waals surface area contributed by atoms with Crippen molar-refractivity contribution in [3.8, 4) is 0 Å². The average molecular weight is 293 g/mol. The van der Waals surface area contributed by atoms with E-state index in [2.05, 4.69) is 0 Å².